The van der Waals surface area contributed by atoms with Gasteiger partial charge in [-0.05, 0) is 55.5 Å². The first-order valence-corrected chi connectivity index (χ1v) is 15.1. The van der Waals surface area contributed by atoms with E-state index in [1.54, 1.807) is 25.1 Å². The Balaban J connectivity index is 1.31. The van der Waals surface area contributed by atoms with Crippen LogP contribution in [-0.2, 0) is 9.59 Å². The summed E-state index contributed by atoms with van der Waals surface area (Å²) in [6.07, 6.45) is 1.65. The second-order valence-electron chi connectivity index (χ2n) is 10.1. The van der Waals surface area contributed by atoms with Crippen molar-refractivity contribution in [3.05, 3.63) is 83.6 Å². The van der Waals surface area contributed by atoms with Crippen molar-refractivity contribution in [3.63, 3.8) is 0 Å². The molecule has 1 saturated heterocycles. The molecule has 11 heteroatoms. The molecule has 0 atom stereocenters. The van der Waals surface area contributed by atoms with Gasteiger partial charge in [0.25, 0.3) is 5.91 Å². The fourth-order valence-corrected chi connectivity index (χ4v) is 5.96. The highest BCUT2D eigenvalue weighted by Crippen LogP contribution is 2.37. The van der Waals surface area contributed by atoms with Crippen LogP contribution in [0.3, 0.4) is 0 Å². The lowest BCUT2D eigenvalue weighted by atomic mass is 10.1. The topological polar surface area (TPSA) is 101 Å². The van der Waals surface area contributed by atoms with Crippen LogP contribution in [0.2, 0.25) is 0 Å². The fourth-order valence-electron chi connectivity index (χ4n) is 5.05. The molecule has 3 aromatic carbocycles. The quantitative estimate of drug-likeness (QED) is 0.252. The molecule has 0 N–H and O–H groups in total. The number of aliphatic imine (C=N–C) groups is 1. The van der Waals surface area contributed by atoms with E-state index in [1.165, 1.54) is 38.0 Å². The Morgan fingerprint density at radius 1 is 0.841 bits per heavy atom. The highest BCUT2D eigenvalue weighted by molar-refractivity contribution is 8.14. The molecule has 0 aliphatic carbocycles. The molecular weight excluding hydrogens is 580 g/mol. The zero-order chi connectivity index (χ0) is 31.2. The number of ether oxygens (including phenoxy) is 3. The molecule has 0 saturated carbocycles. The van der Waals surface area contributed by atoms with E-state index in [0.29, 0.717) is 65.4 Å². The Morgan fingerprint density at radius 2 is 1.48 bits per heavy atom. The first-order chi connectivity index (χ1) is 21.3. The van der Waals surface area contributed by atoms with Gasteiger partial charge in [-0.1, -0.05) is 30.0 Å². The van der Waals surface area contributed by atoms with Crippen LogP contribution >= 0.6 is 11.8 Å². The number of amides is 2. The molecule has 0 spiro atoms. The van der Waals surface area contributed by atoms with Gasteiger partial charge in [-0.2, -0.15) is 0 Å². The third kappa shape index (κ3) is 6.57. The summed E-state index contributed by atoms with van der Waals surface area (Å²) in [5.41, 5.74) is 3.17. The van der Waals surface area contributed by atoms with Crippen molar-refractivity contribution < 1.29 is 28.6 Å². The predicted octanol–water partition coefficient (Wildman–Crippen LogP) is 4.74. The summed E-state index contributed by atoms with van der Waals surface area (Å²) in [4.78, 5) is 48.8. The Bertz CT molecular complexity index is 1600. The van der Waals surface area contributed by atoms with Crippen molar-refractivity contribution in [1.29, 1.82) is 0 Å². The lowest BCUT2D eigenvalue weighted by molar-refractivity contribution is -0.128. The number of hydrogen-bond acceptors (Lipinski definition) is 9. The first-order valence-electron chi connectivity index (χ1n) is 14.1. The van der Waals surface area contributed by atoms with Crippen LogP contribution in [0.4, 0.5) is 11.4 Å². The minimum absolute atomic E-state index is 0.0243. The van der Waals surface area contributed by atoms with E-state index in [4.69, 9.17) is 14.2 Å². The summed E-state index contributed by atoms with van der Waals surface area (Å²) in [6.45, 7) is 4.07. The Morgan fingerprint density at radius 3 is 2.09 bits per heavy atom. The molecule has 228 valence electrons. The second kappa shape index (κ2) is 13.7. The SMILES string of the molecule is COc1cc(OC)c(OC)cc1/C=C1/N=C(SCC(=O)N2CCN(c3ccc(C(C)=O)cc3)CC2)N(c2ccccc2)C1=O. The maximum absolute atomic E-state index is 13.7. The van der Waals surface area contributed by atoms with Gasteiger partial charge in [0, 0.05) is 49.1 Å². The second-order valence-corrected chi connectivity index (χ2v) is 11.1. The van der Waals surface area contributed by atoms with Gasteiger partial charge in [-0.3, -0.25) is 19.3 Å². The molecule has 1 fully saturated rings. The summed E-state index contributed by atoms with van der Waals surface area (Å²) in [5.74, 6) is 1.32. The molecule has 2 heterocycles. The monoisotopic (exact) mass is 614 g/mol. The fraction of sp³-hybridized carbons (Fsp3) is 0.273. The van der Waals surface area contributed by atoms with Crippen LogP contribution in [0.5, 0.6) is 17.2 Å². The van der Waals surface area contributed by atoms with Crippen LogP contribution in [0, 0.1) is 0 Å². The van der Waals surface area contributed by atoms with Gasteiger partial charge in [0.2, 0.25) is 5.91 Å². The zero-order valence-electron chi connectivity index (χ0n) is 25.1. The molecule has 2 amide bonds. The van der Waals surface area contributed by atoms with Gasteiger partial charge in [0.15, 0.2) is 22.4 Å². The van der Waals surface area contributed by atoms with E-state index in [0.717, 1.165) is 5.69 Å². The number of methoxy groups -OCH3 is 3. The Hall–Kier alpha value is -4.77. The molecule has 10 nitrogen and oxygen atoms in total. The Kier molecular flexibility index (Phi) is 9.54. The van der Waals surface area contributed by atoms with Crippen molar-refractivity contribution >= 4 is 52.0 Å². The number of para-hydroxylation sites is 1. The lowest BCUT2D eigenvalue weighted by Gasteiger charge is -2.36. The average Bonchev–Trinajstić information content (AvgIpc) is 3.37. The number of carbonyl (C=O) groups excluding carboxylic acids is 3. The van der Waals surface area contributed by atoms with E-state index in [-0.39, 0.29) is 29.0 Å². The van der Waals surface area contributed by atoms with Gasteiger partial charge in [-0.25, -0.2) is 4.99 Å². The van der Waals surface area contributed by atoms with Crippen molar-refractivity contribution in [2.45, 2.75) is 6.92 Å². The first kappa shape index (κ1) is 30.7. The van der Waals surface area contributed by atoms with Crippen molar-refractivity contribution in [2.75, 3.05) is 63.1 Å². The molecule has 2 aliphatic rings. The molecule has 3 aromatic rings. The van der Waals surface area contributed by atoms with Crippen LogP contribution < -0.4 is 24.0 Å². The summed E-state index contributed by atoms with van der Waals surface area (Å²) in [6, 6.07) is 20.2. The van der Waals surface area contributed by atoms with Crippen molar-refractivity contribution in [2.24, 2.45) is 4.99 Å². The lowest BCUT2D eigenvalue weighted by Crippen LogP contribution is -2.49. The van der Waals surface area contributed by atoms with Gasteiger partial charge < -0.3 is 24.0 Å². The third-order valence-electron chi connectivity index (χ3n) is 7.47. The Labute approximate surface area is 260 Å². The largest absolute Gasteiger partial charge is 0.496 e. The molecule has 5 rings (SSSR count). The number of Topliss-reactive ketones (excluding diaryl/α,β-unsaturated/α-hetero) is 1. The normalized spacial score (nSPS) is 15.8. The maximum atomic E-state index is 13.7. The average molecular weight is 615 g/mol. The predicted molar refractivity (Wildman–Crippen MR) is 173 cm³/mol. The standard InChI is InChI=1S/C33H34N4O6S/c1-22(38)23-10-12-25(13-11-23)35-14-16-36(17-15-35)31(39)21-44-33-34-27(32(40)37(33)26-8-6-5-7-9-26)18-24-19-29(42-3)30(43-4)20-28(24)41-2/h5-13,18-20H,14-17,21H2,1-4H3/b27-18+. The van der Waals surface area contributed by atoms with Crippen LogP contribution in [0.25, 0.3) is 6.08 Å². The number of hydrogen-bond donors (Lipinski definition) is 0. The number of carbonyl (C=O) groups is 3. The van der Waals surface area contributed by atoms with E-state index >= 15 is 0 Å². The number of anilines is 2. The number of thioether (sulfide) groups is 1. The summed E-state index contributed by atoms with van der Waals surface area (Å²) >= 11 is 1.23. The number of piperazine rings is 1. The van der Waals surface area contributed by atoms with Gasteiger partial charge in [0.05, 0.1) is 32.8 Å². The van der Waals surface area contributed by atoms with Crippen LogP contribution in [0.1, 0.15) is 22.8 Å². The number of amidine groups is 1. The number of nitrogens with zero attached hydrogens (tertiary/aromatic N) is 4. The molecular formula is C33H34N4O6S. The van der Waals surface area contributed by atoms with E-state index < -0.39 is 0 Å². The molecule has 0 aromatic heterocycles. The van der Waals surface area contributed by atoms with E-state index in [9.17, 15) is 14.4 Å². The van der Waals surface area contributed by atoms with E-state index in [1.807, 2.05) is 59.5 Å². The number of ketones is 1. The van der Waals surface area contributed by atoms with Gasteiger partial charge >= 0.3 is 0 Å². The molecule has 0 bridgehead atoms. The summed E-state index contributed by atoms with van der Waals surface area (Å²) in [5, 5.41) is 0.421. The number of benzene rings is 3. The smallest absolute Gasteiger partial charge is 0.283 e. The van der Waals surface area contributed by atoms with E-state index in [2.05, 4.69) is 9.89 Å². The third-order valence-corrected chi connectivity index (χ3v) is 8.39. The van der Waals surface area contributed by atoms with Gasteiger partial charge in [0.1, 0.15) is 11.4 Å². The summed E-state index contributed by atoms with van der Waals surface area (Å²) < 4.78 is 16.4. The molecule has 0 radical (unpaired) electrons. The van der Waals surface area contributed by atoms with Gasteiger partial charge in [-0.15, -0.1) is 0 Å². The highest BCUT2D eigenvalue weighted by Gasteiger charge is 2.33. The van der Waals surface area contributed by atoms with Crippen molar-refractivity contribution in [3.8, 4) is 17.2 Å². The number of rotatable bonds is 9. The molecule has 44 heavy (non-hydrogen) atoms. The van der Waals surface area contributed by atoms with Crippen molar-refractivity contribution in [1.82, 2.24) is 4.90 Å². The molecule has 2 aliphatic heterocycles. The van der Waals surface area contributed by atoms with Crippen LogP contribution in [-0.4, -0.2) is 80.9 Å². The highest BCUT2D eigenvalue weighted by atomic mass is 32.2. The minimum atomic E-state index is -0.313. The summed E-state index contributed by atoms with van der Waals surface area (Å²) in [7, 11) is 4.61. The maximum Gasteiger partial charge on any atom is 0.283 e. The zero-order valence-corrected chi connectivity index (χ0v) is 25.9. The minimum Gasteiger partial charge on any atom is -0.496 e. The molecule has 0 unspecified atom stereocenters. The van der Waals surface area contributed by atoms with Crippen LogP contribution in [0.15, 0.2) is 77.4 Å².